The summed E-state index contributed by atoms with van der Waals surface area (Å²) in [6.45, 7) is 0. The molecule has 2 heterocycles. The normalized spacial score (nSPS) is 10.9. The molecule has 42 heavy (non-hydrogen) atoms. The first-order valence-corrected chi connectivity index (χ1v) is 14.0. The van der Waals surface area contributed by atoms with Crippen LogP contribution in [0, 0.1) is 0 Å². The SMILES string of the molecule is c1ccc(-c2ccc(-c3cc(-c4cc(-c5ccccc5)cc(-c5ccncc5)c4)nc(-c4ccccc4)n3)cc2)cc1. The predicted octanol–water partition coefficient (Wildman–Crippen LogP) is 9.87. The van der Waals surface area contributed by atoms with Gasteiger partial charge in [-0.15, -0.1) is 0 Å². The Morgan fingerprint density at radius 3 is 1.26 bits per heavy atom. The Morgan fingerprint density at radius 1 is 0.286 bits per heavy atom. The quantitative estimate of drug-likeness (QED) is 0.212. The van der Waals surface area contributed by atoms with Crippen molar-refractivity contribution in [3.63, 3.8) is 0 Å². The topological polar surface area (TPSA) is 38.7 Å². The van der Waals surface area contributed by atoms with E-state index in [1.807, 2.05) is 54.9 Å². The first kappa shape index (κ1) is 25.3. The molecule has 0 fully saturated rings. The molecule has 0 saturated heterocycles. The van der Waals surface area contributed by atoms with Crippen molar-refractivity contribution in [3.8, 4) is 67.3 Å². The number of pyridine rings is 1. The lowest BCUT2D eigenvalue weighted by atomic mass is 9.95. The van der Waals surface area contributed by atoms with E-state index < -0.39 is 0 Å². The summed E-state index contributed by atoms with van der Waals surface area (Å²) >= 11 is 0. The van der Waals surface area contributed by atoms with E-state index in [-0.39, 0.29) is 0 Å². The summed E-state index contributed by atoms with van der Waals surface area (Å²) in [6.07, 6.45) is 3.67. The molecule has 0 aliphatic heterocycles. The van der Waals surface area contributed by atoms with Gasteiger partial charge in [0.1, 0.15) is 0 Å². The third-order valence-corrected chi connectivity index (χ3v) is 7.40. The van der Waals surface area contributed by atoms with Crippen molar-refractivity contribution in [2.24, 2.45) is 0 Å². The number of rotatable bonds is 6. The van der Waals surface area contributed by atoms with Gasteiger partial charge in [0.15, 0.2) is 5.82 Å². The van der Waals surface area contributed by atoms with Gasteiger partial charge in [-0.2, -0.15) is 0 Å². The summed E-state index contributed by atoms with van der Waals surface area (Å²) in [7, 11) is 0. The molecule has 0 atom stereocenters. The molecule has 0 saturated carbocycles. The van der Waals surface area contributed by atoms with Gasteiger partial charge in [-0.1, -0.05) is 115 Å². The van der Waals surface area contributed by atoms with Crippen LogP contribution in [0.3, 0.4) is 0 Å². The van der Waals surface area contributed by atoms with Crippen molar-refractivity contribution in [3.05, 3.63) is 164 Å². The van der Waals surface area contributed by atoms with Crippen LogP contribution in [0.25, 0.3) is 67.3 Å². The first-order valence-electron chi connectivity index (χ1n) is 14.0. The van der Waals surface area contributed by atoms with Crippen molar-refractivity contribution < 1.29 is 0 Å². The van der Waals surface area contributed by atoms with E-state index in [1.54, 1.807) is 0 Å². The summed E-state index contributed by atoms with van der Waals surface area (Å²) in [5, 5.41) is 0. The predicted molar refractivity (Wildman–Crippen MR) is 172 cm³/mol. The maximum Gasteiger partial charge on any atom is 0.160 e. The third-order valence-electron chi connectivity index (χ3n) is 7.40. The average Bonchev–Trinajstić information content (AvgIpc) is 3.09. The largest absolute Gasteiger partial charge is 0.265 e. The van der Waals surface area contributed by atoms with Gasteiger partial charge < -0.3 is 0 Å². The Morgan fingerprint density at radius 2 is 0.690 bits per heavy atom. The minimum atomic E-state index is 0.700. The van der Waals surface area contributed by atoms with Crippen LogP contribution in [0.2, 0.25) is 0 Å². The Kier molecular flexibility index (Phi) is 6.89. The van der Waals surface area contributed by atoms with Crippen molar-refractivity contribution in [2.75, 3.05) is 0 Å². The molecule has 0 bridgehead atoms. The summed E-state index contributed by atoms with van der Waals surface area (Å²) in [6, 6.07) is 52.6. The molecule has 0 aliphatic rings. The fraction of sp³-hybridized carbons (Fsp3) is 0. The highest BCUT2D eigenvalue weighted by Crippen LogP contribution is 2.34. The van der Waals surface area contributed by atoms with Crippen molar-refractivity contribution in [2.45, 2.75) is 0 Å². The van der Waals surface area contributed by atoms with Gasteiger partial charge in [0.05, 0.1) is 11.4 Å². The Hall–Kier alpha value is -5.67. The third kappa shape index (κ3) is 5.36. The second kappa shape index (κ2) is 11.4. The standard InChI is InChI=1S/C39H27N3/c1-4-10-28(11-5-1)30-16-18-32(19-17-30)37-27-38(42-39(41-37)33-14-8-3-9-15-33)36-25-34(29-12-6-2-7-13-29)24-35(26-36)31-20-22-40-23-21-31/h1-27H. The van der Waals surface area contributed by atoms with E-state index in [2.05, 4.69) is 114 Å². The molecule has 7 aromatic rings. The highest BCUT2D eigenvalue weighted by molar-refractivity contribution is 5.82. The second-order valence-corrected chi connectivity index (χ2v) is 10.2. The zero-order valence-electron chi connectivity index (χ0n) is 22.9. The van der Waals surface area contributed by atoms with Gasteiger partial charge in [0.2, 0.25) is 0 Å². The lowest BCUT2D eigenvalue weighted by Gasteiger charge is -2.13. The summed E-state index contributed by atoms with van der Waals surface area (Å²) in [4.78, 5) is 14.4. The molecule has 7 rings (SSSR count). The number of aromatic nitrogens is 3. The van der Waals surface area contributed by atoms with Crippen LogP contribution < -0.4 is 0 Å². The second-order valence-electron chi connectivity index (χ2n) is 10.2. The summed E-state index contributed by atoms with van der Waals surface area (Å²) in [5.41, 5.74) is 11.7. The van der Waals surface area contributed by atoms with E-state index in [1.165, 1.54) is 11.1 Å². The Balaban J connectivity index is 1.39. The zero-order valence-corrected chi connectivity index (χ0v) is 22.9. The number of hydrogen-bond acceptors (Lipinski definition) is 3. The van der Waals surface area contributed by atoms with Crippen LogP contribution >= 0.6 is 0 Å². The highest BCUT2D eigenvalue weighted by atomic mass is 14.9. The van der Waals surface area contributed by atoms with E-state index in [9.17, 15) is 0 Å². The molecule has 2 aromatic heterocycles. The van der Waals surface area contributed by atoms with Gasteiger partial charge in [0, 0.05) is 29.1 Å². The van der Waals surface area contributed by atoms with Crippen molar-refractivity contribution >= 4 is 0 Å². The lowest BCUT2D eigenvalue weighted by Crippen LogP contribution is -1.96. The van der Waals surface area contributed by atoms with Crippen LogP contribution in [0.1, 0.15) is 0 Å². The average molecular weight is 538 g/mol. The zero-order chi connectivity index (χ0) is 28.1. The number of nitrogens with zero attached hydrogens (tertiary/aromatic N) is 3. The van der Waals surface area contributed by atoms with Crippen molar-refractivity contribution in [1.29, 1.82) is 0 Å². The van der Waals surface area contributed by atoms with Gasteiger partial charge in [-0.05, 0) is 69.8 Å². The number of hydrogen-bond donors (Lipinski definition) is 0. The first-order chi connectivity index (χ1) is 20.8. The van der Waals surface area contributed by atoms with Gasteiger partial charge in [0.25, 0.3) is 0 Å². The molecule has 0 N–H and O–H groups in total. The minimum Gasteiger partial charge on any atom is -0.265 e. The fourth-order valence-corrected chi connectivity index (χ4v) is 5.21. The van der Waals surface area contributed by atoms with E-state index >= 15 is 0 Å². The summed E-state index contributed by atoms with van der Waals surface area (Å²) < 4.78 is 0. The van der Waals surface area contributed by atoms with Crippen molar-refractivity contribution in [1.82, 2.24) is 15.0 Å². The summed E-state index contributed by atoms with van der Waals surface area (Å²) in [5.74, 6) is 0.700. The lowest BCUT2D eigenvalue weighted by molar-refractivity contribution is 1.18. The molecule has 0 aliphatic carbocycles. The molecule has 0 spiro atoms. The molecular weight excluding hydrogens is 510 g/mol. The smallest absolute Gasteiger partial charge is 0.160 e. The molecule has 198 valence electrons. The van der Waals surface area contributed by atoms with E-state index in [4.69, 9.17) is 9.97 Å². The van der Waals surface area contributed by atoms with Crippen LogP contribution in [0.15, 0.2) is 164 Å². The molecule has 0 radical (unpaired) electrons. The number of benzene rings is 5. The van der Waals surface area contributed by atoms with E-state index in [0.29, 0.717) is 5.82 Å². The highest BCUT2D eigenvalue weighted by Gasteiger charge is 2.13. The van der Waals surface area contributed by atoms with E-state index in [0.717, 1.165) is 50.3 Å². The maximum absolute atomic E-state index is 5.11. The molecule has 0 amide bonds. The molecule has 3 nitrogen and oxygen atoms in total. The molecule has 3 heteroatoms. The van der Waals surface area contributed by atoms with Gasteiger partial charge >= 0.3 is 0 Å². The minimum absolute atomic E-state index is 0.700. The van der Waals surface area contributed by atoms with Crippen LogP contribution in [-0.4, -0.2) is 15.0 Å². The molecular formula is C39H27N3. The maximum atomic E-state index is 5.11. The molecule has 5 aromatic carbocycles. The van der Waals surface area contributed by atoms with Gasteiger partial charge in [-0.3, -0.25) is 4.98 Å². The Bertz CT molecular complexity index is 1880. The fourth-order valence-electron chi connectivity index (χ4n) is 5.21. The Labute approximate surface area is 245 Å². The van der Waals surface area contributed by atoms with Crippen LogP contribution in [-0.2, 0) is 0 Å². The van der Waals surface area contributed by atoms with Crippen LogP contribution in [0.5, 0.6) is 0 Å². The monoisotopic (exact) mass is 537 g/mol. The van der Waals surface area contributed by atoms with Gasteiger partial charge in [-0.25, -0.2) is 9.97 Å². The van der Waals surface area contributed by atoms with Crippen LogP contribution in [0.4, 0.5) is 0 Å². The molecule has 0 unspecified atom stereocenters.